The molecule has 0 bridgehead atoms. The molecular weight excluding hydrogens is 107 g/mol. The maximum atomic E-state index is 11.3. The minimum Gasteiger partial charge on any atom is -0.295 e. The Balaban J connectivity index is 2.51. The van der Waals surface area contributed by atoms with Crippen molar-refractivity contribution >= 4 is 0 Å². The molecule has 44 valence electrons. The van der Waals surface area contributed by atoms with Crippen molar-refractivity contribution in [1.82, 2.24) is 0 Å². The van der Waals surface area contributed by atoms with Gasteiger partial charge in [0.2, 0.25) is 0 Å². The minimum atomic E-state index is 0.330. The highest BCUT2D eigenvalue weighted by Crippen LogP contribution is 2.09. The zero-order valence-electron chi connectivity index (χ0n) is 4.43. The monoisotopic (exact) mass is 114 g/mol. The van der Waals surface area contributed by atoms with Crippen molar-refractivity contribution < 1.29 is 9.47 Å². The van der Waals surface area contributed by atoms with Crippen molar-refractivity contribution in [3.8, 4) is 0 Å². The molecule has 0 amide bonds. The molecule has 0 radical (unpaired) electrons. The van der Waals surface area contributed by atoms with E-state index < -0.39 is 0 Å². The number of allylic oxidation sites excluding steroid dienone is 3. The topological polar surface area (TPSA) is 9.23 Å². The van der Waals surface area contributed by atoms with E-state index in [1.807, 2.05) is 6.08 Å². The molecule has 0 atom stereocenters. The van der Waals surface area contributed by atoms with Crippen LogP contribution >= 0.6 is 0 Å². The van der Waals surface area contributed by atoms with Gasteiger partial charge in [-0.05, 0) is 25.0 Å². The van der Waals surface area contributed by atoms with Crippen molar-refractivity contribution in [2.75, 3.05) is 0 Å². The fourth-order valence-electron chi connectivity index (χ4n) is 0.647. The number of hydrogen-bond donors (Lipinski definition) is 0. The van der Waals surface area contributed by atoms with Crippen LogP contribution < -0.4 is 0 Å². The highest BCUT2D eigenvalue weighted by Gasteiger charge is 1.95. The van der Waals surface area contributed by atoms with E-state index in [0.717, 1.165) is 12.8 Å². The molecule has 0 saturated carbocycles. The number of halogens is 1. The van der Waals surface area contributed by atoms with Gasteiger partial charge in [-0.2, -0.15) is 0 Å². The van der Waals surface area contributed by atoms with Crippen molar-refractivity contribution in [2.45, 2.75) is 12.8 Å². The minimum absolute atomic E-state index is 0.330. The highest BCUT2D eigenvalue weighted by molar-refractivity contribution is 5.15. The second-order valence-electron chi connectivity index (χ2n) is 1.66. The quantitative estimate of drug-likeness (QED) is 0.507. The van der Waals surface area contributed by atoms with Crippen LogP contribution in [0.5, 0.6) is 0 Å². The molecule has 0 aliphatic heterocycles. The summed E-state index contributed by atoms with van der Waals surface area (Å²) in [5.41, 5.74) is 0. The lowest BCUT2D eigenvalue weighted by atomic mass is 10.2. The summed E-state index contributed by atoms with van der Waals surface area (Å²) in [5, 5.41) is 0. The summed E-state index contributed by atoms with van der Waals surface area (Å²) in [7, 11) is 0. The molecule has 1 rings (SSSR count). The van der Waals surface area contributed by atoms with Gasteiger partial charge in [0.15, 0.2) is 5.76 Å². The SMILES string of the molecule is FOC1=CCCC=C1. The fraction of sp³-hybridized carbons (Fsp3) is 0.333. The predicted octanol–water partition coefficient (Wildman–Crippen LogP) is 2.12. The van der Waals surface area contributed by atoms with Gasteiger partial charge in [-0.1, -0.05) is 6.08 Å². The Hall–Kier alpha value is -0.790. The lowest BCUT2D eigenvalue weighted by molar-refractivity contribution is -0.0772. The number of hydrogen-bond acceptors (Lipinski definition) is 1. The standard InChI is InChI=1S/C6H7FO/c7-8-6-4-2-1-3-5-6/h2,4-5H,1,3H2. The molecule has 0 aromatic rings. The summed E-state index contributed by atoms with van der Waals surface area (Å²) in [6.07, 6.45) is 7.11. The molecule has 0 heterocycles. The Morgan fingerprint density at radius 1 is 1.50 bits per heavy atom. The fourth-order valence-corrected chi connectivity index (χ4v) is 0.647. The van der Waals surface area contributed by atoms with E-state index in [0.29, 0.717) is 5.76 Å². The van der Waals surface area contributed by atoms with Crippen molar-refractivity contribution in [1.29, 1.82) is 0 Å². The molecule has 0 aromatic heterocycles. The Morgan fingerprint density at radius 3 is 2.75 bits per heavy atom. The summed E-state index contributed by atoms with van der Waals surface area (Å²) < 4.78 is 11.3. The van der Waals surface area contributed by atoms with Crippen LogP contribution in [-0.2, 0) is 4.94 Å². The van der Waals surface area contributed by atoms with Crippen LogP contribution in [-0.4, -0.2) is 0 Å². The molecule has 2 heteroatoms. The Labute approximate surface area is 47.4 Å². The van der Waals surface area contributed by atoms with Crippen molar-refractivity contribution in [3.63, 3.8) is 0 Å². The van der Waals surface area contributed by atoms with Gasteiger partial charge in [0.05, 0.1) is 0 Å². The van der Waals surface area contributed by atoms with Gasteiger partial charge in [-0.15, -0.1) is 0 Å². The van der Waals surface area contributed by atoms with Crippen LogP contribution in [0.4, 0.5) is 4.53 Å². The molecule has 1 aliphatic carbocycles. The summed E-state index contributed by atoms with van der Waals surface area (Å²) >= 11 is 0. The van der Waals surface area contributed by atoms with Gasteiger partial charge in [0.25, 0.3) is 0 Å². The number of rotatable bonds is 1. The lowest BCUT2D eigenvalue weighted by Crippen LogP contribution is -1.82. The summed E-state index contributed by atoms with van der Waals surface area (Å²) in [6, 6.07) is 0. The predicted molar refractivity (Wildman–Crippen MR) is 28.6 cm³/mol. The average molecular weight is 114 g/mol. The van der Waals surface area contributed by atoms with Gasteiger partial charge in [0.1, 0.15) is 0 Å². The molecule has 0 fully saturated rings. The van der Waals surface area contributed by atoms with Crippen LogP contribution in [0.1, 0.15) is 12.8 Å². The van der Waals surface area contributed by atoms with E-state index in [9.17, 15) is 4.53 Å². The van der Waals surface area contributed by atoms with Crippen LogP contribution in [0.25, 0.3) is 0 Å². The first-order chi connectivity index (χ1) is 3.93. The normalized spacial score (nSPS) is 17.9. The molecule has 0 unspecified atom stereocenters. The highest BCUT2D eigenvalue weighted by atomic mass is 19.3. The van der Waals surface area contributed by atoms with E-state index in [4.69, 9.17) is 0 Å². The van der Waals surface area contributed by atoms with Crippen LogP contribution in [0, 0.1) is 0 Å². The molecule has 8 heavy (non-hydrogen) atoms. The van der Waals surface area contributed by atoms with E-state index in [1.54, 1.807) is 12.2 Å². The first-order valence-electron chi connectivity index (χ1n) is 2.59. The Kier molecular flexibility index (Phi) is 1.67. The third-order valence-electron chi connectivity index (χ3n) is 1.05. The van der Waals surface area contributed by atoms with Gasteiger partial charge in [0, 0.05) is 4.53 Å². The van der Waals surface area contributed by atoms with Gasteiger partial charge >= 0.3 is 0 Å². The first-order valence-corrected chi connectivity index (χ1v) is 2.59. The van der Waals surface area contributed by atoms with Gasteiger partial charge in [-0.3, -0.25) is 4.94 Å². The molecule has 0 aromatic carbocycles. The first kappa shape index (κ1) is 5.35. The van der Waals surface area contributed by atoms with Crippen molar-refractivity contribution in [3.05, 3.63) is 24.0 Å². The van der Waals surface area contributed by atoms with Crippen molar-refractivity contribution in [2.24, 2.45) is 0 Å². The van der Waals surface area contributed by atoms with Crippen LogP contribution in [0.3, 0.4) is 0 Å². The maximum absolute atomic E-state index is 11.3. The van der Waals surface area contributed by atoms with E-state index in [-0.39, 0.29) is 0 Å². The molecule has 0 spiro atoms. The summed E-state index contributed by atoms with van der Waals surface area (Å²) in [5.74, 6) is 0.330. The largest absolute Gasteiger partial charge is 0.295 e. The molecule has 0 saturated heterocycles. The third kappa shape index (κ3) is 1.09. The average Bonchev–Trinajstić information content (AvgIpc) is 1.90. The third-order valence-corrected chi connectivity index (χ3v) is 1.05. The molecule has 1 aliphatic rings. The Bertz CT molecular complexity index is 126. The zero-order chi connectivity index (χ0) is 5.82. The van der Waals surface area contributed by atoms with Gasteiger partial charge < -0.3 is 0 Å². The summed E-state index contributed by atoms with van der Waals surface area (Å²) in [4.78, 5) is 3.47. The molecule has 0 N–H and O–H groups in total. The second-order valence-corrected chi connectivity index (χ2v) is 1.66. The second kappa shape index (κ2) is 2.50. The maximum Gasteiger partial charge on any atom is 0.167 e. The summed E-state index contributed by atoms with van der Waals surface area (Å²) in [6.45, 7) is 0. The van der Waals surface area contributed by atoms with E-state index in [2.05, 4.69) is 4.94 Å². The smallest absolute Gasteiger partial charge is 0.167 e. The lowest BCUT2D eigenvalue weighted by Gasteiger charge is -1.98. The zero-order valence-corrected chi connectivity index (χ0v) is 4.43. The van der Waals surface area contributed by atoms with Gasteiger partial charge in [-0.25, -0.2) is 0 Å². The van der Waals surface area contributed by atoms with Crippen LogP contribution in [0.2, 0.25) is 0 Å². The Morgan fingerprint density at radius 2 is 2.38 bits per heavy atom. The van der Waals surface area contributed by atoms with E-state index >= 15 is 0 Å². The molecular formula is C6H7FO. The molecule has 1 nitrogen and oxygen atoms in total. The van der Waals surface area contributed by atoms with Crippen LogP contribution in [0.15, 0.2) is 24.0 Å². The van der Waals surface area contributed by atoms with E-state index in [1.165, 1.54) is 0 Å².